The summed E-state index contributed by atoms with van der Waals surface area (Å²) >= 11 is 1.24. The zero-order valence-electron chi connectivity index (χ0n) is 11.3. The van der Waals surface area contributed by atoms with Gasteiger partial charge in [-0.05, 0) is 30.4 Å². The first-order valence-corrected chi connectivity index (χ1v) is 7.52. The predicted molar refractivity (Wildman–Crippen MR) is 74.4 cm³/mol. The molecule has 1 heterocycles. The normalized spacial score (nSPS) is 22.1. The largest absolute Gasteiger partial charge is 0.481 e. The third kappa shape index (κ3) is 2.80. The van der Waals surface area contributed by atoms with E-state index in [1.807, 2.05) is 6.92 Å². The molecule has 2 atom stereocenters. The van der Waals surface area contributed by atoms with Gasteiger partial charge in [-0.1, -0.05) is 6.92 Å². The smallest absolute Gasteiger partial charge is 0.308 e. The van der Waals surface area contributed by atoms with Crippen molar-refractivity contribution in [1.29, 1.82) is 0 Å². The van der Waals surface area contributed by atoms with E-state index in [0.717, 1.165) is 0 Å². The van der Waals surface area contributed by atoms with Crippen LogP contribution >= 0.6 is 11.8 Å². The lowest BCUT2D eigenvalue weighted by molar-refractivity contribution is -0.142. The van der Waals surface area contributed by atoms with Crippen LogP contribution in [0.25, 0.3) is 0 Å². The van der Waals surface area contributed by atoms with Gasteiger partial charge in [0.25, 0.3) is 5.91 Å². The van der Waals surface area contributed by atoms with E-state index >= 15 is 0 Å². The zero-order valence-corrected chi connectivity index (χ0v) is 12.1. The summed E-state index contributed by atoms with van der Waals surface area (Å²) in [5.41, 5.74) is 0.397. The Labute approximate surface area is 121 Å². The number of rotatable bonds is 3. The molecule has 1 fully saturated rings. The standard InChI is InChI=1S/C14H16FNO3S/c1-8-6-16(7-10(8)14(18)19)13(17)9-3-4-11(15)12(5-9)20-2/h3-5,8,10H,6-7H2,1-2H3,(H,18,19)/t8-,10-/m1/s1. The van der Waals surface area contributed by atoms with Crippen LogP contribution in [0.3, 0.4) is 0 Å². The van der Waals surface area contributed by atoms with Gasteiger partial charge in [0, 0.05) is 23.5 Å². The van der Waals surface area contributed by atoms with E-state index in [-0.39, 0.29) is 24.2 Å². The molecule has 1 saturated heterocycles. The number of likely N-dealkylation sites (tertiary alicyclic amines) is 1. The van der Waals surface area contributed by atoms with Gasteiger partial charge in [-0.3, -0.25) is 9.59 Å². The number of carbonyl (C=O) groups excluding carboxylic acids is 1. The van der Waals surface area contributed by atoms with Crippen molar-refractivity contribution < 1.29 is 19.1 Å². The molecular weight excluding hydrogens is 281 g/mol. The molecule has 1 aliphatic heterocycles. The molecule has 1 aromatic carbocycles. The molecule has 108 valence electrons. The molecule has 1 amide bonds. The summed E-state index contributed by atoms with van der Waals surface area (Å²) in [7, 11) is 0. The molecule has 1 N–H and O–H groups in total. The Morgan fingerprint density at radius 2 is 2.10 bits per heavy atom. The van der Waals surface area contributed by atoms with Crippen LogP contribution < -0.4 is 0 Å². The number of carbonyl (C=O) groups is 2. The minimum atomic E-state index is -0.878. The Morgan fingerprint density at radius 1 is 1.40 bits per heavy atom. The van der Waals surface area contributed by atoms with Crippen molar-refractivity contribution in [3.05, 3.63) is 29.6 Å². The van der Waals surface area contributed by atoms with Gasteiger partial charge in [-0.15, -0.1) is 11.8 Å². The number of amides is 1. The van der Waals surface area contributed by atoms with Gasteiger partial charge >= 0.3 is 5.97 Å². The second-order valence-corrected chi connectivity index (χ2v) is 5.83. The van der Waals surface area contributed by atoms with Crippen LogP contribution in [0.2, 0.25) is 0 Å². The van der Waals surface area contributed by atoms with E-state index in [1.54, 1.807) is 6.26 Å². The summed E-state index contributed by atoms with van der Waals surface area (Å²) in [5, 5.41) is 9.08. The molecular formula is C14H16FNO3S. The van der Waals surface area contributed by atoms with Gasteiger partial charge in [-0.25, -0.2) is 4.39 Å². The van der Waals surface area contributed by atoms with Gasteiger partial charge in [0.1, 0.15) is 5.82 Å². The molecule has 0 bridgehead atoms. The quantitative estimate of drug-likeness (QED) is 0.870. The number of aliphatic carboxylic acids is 1. The average Bonchev–Trinajstić information content (AvgIpc) is 2.80. The molecule has 2 rings (SSSR count). The Bertz CT molecular complexity index is 549. The van der Waals surface area contributed by atoms with Crippen molar-refractivity contribution in [2.24, 2.45) is 11.8 Å². The van der Waals surface area contributed by atoms with Gasteiger partial charge < -0.3 is 10.0 Å². The topological polar surface area (TPSA) is 57.6 Å². The van der Waals surface area contributed by atoms with Crippen molar-refractivity contribution in [2.45, 2.75) is 11.8 Å². The lowest BCUT2D eigenvalue weighted by Gasteiger charge is -2.16. The maximum absolute atomic E-state index is 13.4. The number of halogens is 1. The molecule has 1 aliphatic rings. The molecule has 0 radical (unpaired) electrons. The van der Waals surface area contributed by atoms with Crippen LogP contribution in [0.4, 0.5) is 4.39 Å². The summed E-state index contributed by atoms with van der Waals surface area (Å²) in [6, 6.07) is 4.23. The van der Waals surface area contributed by atoms with Crippen LogP contribution in [0, 0.1) is 17.7 Å². The summed E-state index contributed by atoms with van der Waals surface area (Å²) in [5.74, 6) is -2.07. The Morgan fingerprint density at radius 3 is 2.65 bits per heavy atom. The van der Waals surface area contributed by atoms with Gasteiger partial charge in [-0.2, -0.15) is 0 Å². The molecule has 0 unspecified atom stereocenters. The lowest BCUT2D eigenvalue weighted by Crippen LogP contribution is -2.30. The second kappa shape index (κ2) is 5.83. The maximum Gasteiger partial charge on any atom is 0.308 e. The summed E-state index contributed by atoms with van der Waals surface area (Å²) in [6.45, 7) is 2.45. The first-order chi connectivity index (χ1) is 9.43. The second-order valence-electron chi connectivity index (χ2n) is 4.98. The predicted octanol–water partition coefficient (Wildman–Crippen LogP) is 2.34. The van der Waals surface area contributed by atoms with Crippen molar-refractivity contribution in [3.63, 3.8) is 0 Å². The van der Waals surface area contributed by atoms with Crippen molar-refractivity contribution in [3.8, 4) is 0 Å². The highest BCUT2D eigenvalue weighted by Crippen LogP contribution is 2.26. The third-order valence-electron chi connectivity index (χ3n) is 3.61. The minimum Gasteiger partial charge on any atom is -0.481 e. The van der Waals surface area contributed by atoms with E-state index in [2.05, 4.69) is 0 Å². The average molecular weight is 297 g/mol. The fourth-order valence-electron chi connectivity index (χ4n) is 2.43. The van der Waals surface area contributed by atoms with Crippen LogP contribution in [0.15, 0.2) is 23.1 Å². The van der Waals surface area contributed by atoms with E-state index in [0.29, 0.717) is 17.0 Å². The molecule has 0 saturated carbocycles. The summed E-state index contributed by atoms with van der Waals surface area (Å²) in [6.07, 6.45) is 1.74. The van der Waals surface area contributed by atoms with E-state index in [9.17, 15) is 14.0 Å². The Balaban J connectivity index is 2.18. The molecule has 1 aromatic rings. The summed E-state index contributed by atoms with van der Waals surface area (Å²) < 4.78 is 13.4. The molecule has 0 aliphatic carbocycles. The Kier molecular flexibility index (Phi) is 4.32. The van der Waals surface area contributed by atoms with Gasteiger partial charge in [0.05, 0.1) is 5.92 Å². The fourth-order valence-corrected chi connectivity index (χ4v) is 2.94. The van der Waals surface area contributed by atoms with E-state index < -0.39 is 11.9 Å². The SMILES string of the molecule is CSc1cc(C(=O)N2C[C@@H](C)[C@H](C(=O)O)C2)ccc1F. The molecule has 0 aromatic heterocycles. The third-order valence-corrected chi connectivity index (χ3v) is 4.37. The van der Waals surface area contributed by atoms with Crippen LogP contribution in [-0.4, -0.2) is 41.2 Å². The van der Waals surface area contributed by atoms with Crippen molar-refractivity contribution in [2.75, 3.05) is 19.3 Å². The van der Waals surface area contributed by atoms with E-state index in [4.69, 9.17) is 5.11 Å². The molecule has 0 spiro atoms. The number of thioether (sulfide) groups is 1. The summed E-state index contributed by atoms with van der Waals surface area (Å²) in [4.78, 5) is 25.4. The molecule has 6 heteroatoms. The first kappa shape index (κ1) is 14.8. The number of carboxylic acids is 1. The first-order valence-electron chi connectivity index (χ1n) is 6.29. The van der Waals surface area contributed by atoms with Crippen LogP contribution in [-0.2, 0) is 4.79 Å². The highest BCUT2D eigenvalue weighted by Gasteiger charge is 2.37. The van der Waals surface area contributed by atoms with Crippen molar-refractivity contribution in [1.82, 2.24) is 4.90 Å². The molecule has 20 heavy (non-hydrogen) atoms. The van der Waals surface area contributed by atoms with Gasteiger partial charge in [0.15, 0.2) is 0 Å². The number of nitrogens with zero attached hydrogens (tertiary/aromatic N) is 1. The number of benzene rings is 1. The number of hydrogen-bond donors (Lipinski definition) is 1. The number of hydrogen-bond acceptors (Lipinski definition) is 3. The zero-order chi connectivity index (χ0) is 14.9. The molecule has 4 nitrogen and oxygen atoms in total. The fraction of sp³-hybridized carbons (Fsp3) is 0.429. The highest BCUT2D eigenvalue weighted by molar-refractivity contribution is 7.98. The van der Waals surface area contributed by atoms with Gasteiger partial charge in [0.2, 0.25) is 0 Å². The Hall–Kier alpha value is -1.56. The lowest BCUT2D eigenvalue weighted by atomic mass is 9.99. The highest BCUT2D eigenvalue weighted by atomic mass is 32.2. The monoisotopic (exact) mass is 297 g/mol. The maximum atomic E-state index is 13.4. The minimum absolute atomic E-state index is 0.0723. The number of carboxylic acid groups (broad SMARTS) is 1. The van der Waals surface area contributed by atoms with E-state index in [1.165, 1.54) is 34.9 Å². The van der Waals surface area contributed by atoms with Crippen LogP contribution in [0.5, 0.6) is 0 Å². The van der Waals surface area contributed by atoms with Crippen LogP contribution in [0.1, 0.15) is 17.3 Å². The van der Waals surface area contributed by atoms with Crippen molar-refractivity contribution >= 4 is 23.6 Å².